The number of hydrogen-bond donors (Lipinski definition) is 2. The molecule has 126 valence electrons. The maximum absolute atomic E-state index is 13.6. The number of halogens is 2. The smallest absolute Gasteiger partial charge is 0.412 e. The first-order valence-electron chi connectivity index (χ1n) is 7.18. The van der Waals surface area contributed by atoms with Crippen LogP contribution >= 0.6 is 11.6 Å². The van der Waals surface area contributed by atoms with Crippen molar-refractivity contribution in [2.75, 3.05) is 11.9 Å². The Morgan fingerprint density at radius 2 is 2.17 bits per heavy atom. The Hall–Kier alpha value is -1.84. The Balaban J connectivity index is 2.92. The topological polar surface area (TPSA) is 71.5 Å². The van der Waals surface area contributed by atoms with Gasteiger partial charge in [0.05, 0.1) is 5.69 Å². The Kier molecular flexibility index (Phi) is 7.27. The van der Waals surface area contributed by atoms with Crippen molar-refractivity contribution < 1.29 is 19.0 Å². The van der Waals surface area contributed by atoms with Crippen LogP contribution in [0.1, 0.15) is 45.7 Å². The molecule has 1 amide bonds. The highest BCUT2D eigenvalue weighted by Gasteiger charge is 2.18. The summed E-state index contributed by atoms with van der Waals surface area (Å²) >= 11 is 5.66. The standard InChI is InChI=1S/C16H20ClFN2O3/c1-16(2,3)23-15(22)20-13-10-11(18)14(17)19-12(13)8-6-4-5-7-9-21/h10,21H,4-5,7,9H2,1-3H3,(H,20,22). The molecule has 0 fully saturated rings. The van der Waals surface area contributed by atoms with Crippen molar-refractivity contribution in [1.29, 1.82) is 0 Å². The van der Waals surface area contributed by atoms with Gasteiger partial charge in [-0.05, 0) is 39.5 Å². The van der Waals surface area contributed by atoms with Gasteiger partial charge in [-0.3, -0.25) is 5.32 Å². The van der Waals surface area contributed by atoms with Gasteiger partial charge in [0.25, 0.3) is 0 Å². The predicted octanol–water partition coefficient (Wildman–Crippen LogP) is 3.74. The van der Waals surface area contributed by atoms with Gasteiger partial charge in [0, 0.05) is 19.1 Å². The van der Waals surface area contributed by atoms with Crippen LogP contribution in [0.25, 0.3) is 0 Å². The summed E-state index contributed by atoms with van der Waals surface area (Å²) in [6.45, 7) is 5.26. The number of hydrogen-bond acceptors (Lipinski definition) is 4. The molecule has 0 unspecified atom stereocenters. The van der Waals surface area contributed by atoms with Crippen molar-refractivity contribution in [3.8, 4) is 11.8 Å². The summed E-state index contributed by atoms with van der Waals surface area (Å²) in [4.78, 5) is 15.6. The van der Waals surface area contributed by atoms with E-state index in [-0.39, 0.29) is 23.1 Å². The number of unbranched alkanes of at least 4 members (excludes halogenated alkanes) is 2. The summed E-state index contributed by atoms with van der Waals surface area (Å²) in [7, 11) is 0. The lowest BCUT2D eigenvalue weighted by molar-refractivity contribution is 0.0636. The number of rotatable bonds is 4. The average molecular weight is 343 g/mol. The number of aromatic nitrogens is 1. The number of anilines is 1. The largest absolute Gasteiger partial charge is 0.444 e. The van der Waals surface area contributed by atoms with E-state index in [1.54, 1.807) is 20.8 Å². The summed E-state index contributed by atoms with van der Waals surface area (Å²) in [6, 6.07) is 1.05. The lowest BCUT2D eigenvalue weighted by Gasteiger charge is -2.20. The first kappa shape index (κ1) is 19.2. The fraction of sp³-hybridized carbons (Fsp3) is 0.500. The highest BCUT2D eigenvalue weighted by atomic mass is 35.5. The van der Waals surface area contributed by atoms with Crippen molar-refractivity contribution in [2.24, 2.45) is 0 Å². The van der Waals surface area contributed by atoms with Crippen LogP contribution in [0, 0.1) is 17.7 Å². The molecule has 1 aromatic rings. The Morgan fingerprint density at radius 3 is 2.78 bits per heavy atom. The van der Waals surface area contributed by atoms with E-state index < -0.39 is 17.5 Å². The highest BCUT2D eigenvalue weighted by molar-refractivity contribution is 6.29. The van der Waals surface area contributed by atoms with E-state index in [4.69, 9.17) is 21.4 Å². The zero-order chi connectivity index (χ0) is 17.5. The average Bonchev–Trinajstić information content (AvgIpc) is 2.41. The van der Waals surface area contributed by atoms with Gasteiger partial charge in [-0.1, -0.05) is 17.5 Å². The quantitative estimate of drug-likeness (QED) is 0.497. The molecule has 7 heteroatoms. The molecule has 0 bridgehead atoms. The third-order valence-electron chi connectivity index (χ3n) is 2.49. The lowest BCUT2D eigenvalue weighted by atomic mass is 10.2. The summed E-state index contributed by atoms with van der Waals surface area (Å²) in [5.74, 6) is 4.83. The maximum Gasteiger partial charge on any atom is 0.412 e. The van der Waals surface area contributed by atoms with Gasteiger partial charge in [0.1, 0.15) is 11.3 Å². The molecule has 1 rings (SSSR count). The number of ether oxygens (including phenoxy) is 1. The first-order valence-corrected chi connectivity index (χ1v) is 7.56. The van der Waals surface area contributed by atoms with E-state index in [0.717, 1.165) is 12.5 Å². The minimum Gasteiger partial charge on any atom is -0.444 e. The number of aliphatic hydroxyl groups is 1. The molecule has 0 spiro atoms. The molecule has 1 heterocycles. The number of amides is 1. The summed E-state index contributed by atoms with van der Waals surface area (Å²) < 4.78 is 18.7. The van der Waals surface area contributed by atoms with Gasteiger partial charge in [0.2, 0.25) is 0 Å². The number of carbonyl (C=O) groups is 1. The Morgan fingerprint density at radius 1 is 1.48 bits per heavy atom. The van der Waals surface area contributed by atoms with Crippen LogP contribution in [-0.4, -0.2) is 28.4 Å². The van der Waals surface area contributed by atoms with Crippen molar-refractivity contribution >= 4 is 23.4 Å². The second-order valence-electron chi connectivity index (χ2n) is 5.77. The van der Waals surface area contributed by atoms with Crippen LogP contribution in [0.5, 0.6) is 0 Å². The molecule has 0 aromatic carbocycles. The molecule has 0 atom stereocenters. The molecule has 0 aliphatic heterocycles. The molecule has 0 saturated heterocycles. The highest BCUT2D eigenvalue weighted by Crippen LogP contribution is 2.21. The second kappa shape index (κ2) is 8.70. The SMILES string of the molecule is CC(C)(C)OC(=O)Nc1cc(F)c(Cl)nc1C#CCCCCO. The van der Waals surface area contributed by atoms with Crippen molar-refractivity contribution in [3.05, 3.63) is 22.7 Å². The molecular weight excluding hydrogens is 323 g/mol. The van der Waals surface area contributed by atoms with Crippen LogP contribution in [0.2, 0.25) is 5.15 Å². The zero-order valence-corrected chi connectivity index (χ0v) is 14.1. The van der Waals surface area contributed by atoms with Gasteiger partial charge in [-0.2, -0.15) is 0 Å². The van der Waals surface area contributed by atoms with Crippen molar-refractivity contribution in [3.63, 3.8) is 0 Å². The van der Waals surface area contributed by atoms with Crippen LogP contribution in [-0.2, 0) is 4.74 Å². The third kappa shape index (κ3) is 7.31. The second-order valence-corrected chi connectivity index (χ2v) is 6.12. The monoisotopic (exact) mass is 342 g/mol. The predicted molar refractivity (Wildman–Crippen MR) is 86.9 cm³/mol. The zero-order valence-electron chi connectivity index (χ0n) is 13.4. The van der Waals surface area contributed by atoms with Crippen molar-refractivity contribution in [1.82, 2.24) is 4.98 Å². The first-order chi connectivity index (χ1) is 10.7. The van der Waals surface area contributed by atoms with E-state index in [1.165, 1.54) is 0 Å². The van der Waals surface area contributed by atoms with Crippen LogP contribution in [0.3, 0.4) is 0 Å². The fourth-order valence-electron chi connectivity index (χ4n) is 1.54. The van der Waals surface area contributed by atoms with E-state index in [0.29, 0.717) is 12.8 Å². The Bertz CT molecular complexity index is 618. The minimum atomic E-state index is -0.761. The molecule has 0 aliphatic rings. The number of nitrogens with one attached hydrogen (secondary N) is 1. The molecule has 0 saturated carbocycles. The number of nitrogens with zero attached hydrogens (tertiary/aromatic N) is 1. The number of pyridine rings is 1. The lowest BCUT2D eigenvalue weighted by Crippen LogP contribution is -2.27. The van der Waals surface area contributed by atoms with Crippen LogP contribution < -0.4 is 5.32 Å². The summed E-state index contributed by atoms with van der Waals surface area (Å²) in [6.07, 6.45) is 1.19. The minimum absolute atomic E-state index is 0.0933. The number of aliphatic hydroxyl groups excluding tert-OH is 1. The molecule has 1 aromatic heterocycles. The van der Waals surface area contributed by atoms with Gasteiger partial charge in [0.15, 0.2) is 11.0 Å². The summed E-state index contributed by atoms with van der Waals surface area (Å²) in [5, 5.41) is 10.8. The van der Waals surface area contributed by atoms with Crippen LogP contribution in [0.15, 0.2) is 6.07 Å². The third-order valence-corrected chi connectivity index (χ3v) is 2.75. The van der Waals surface area contributed by atoms with E-state index in [9.17, 15) is 9.18 Å². The molecule has 2 N–H and O–H groups in total. The number of carbonyl (C=O) groups excluding carboxylic acids is 1. The summed E-state index contributed by atoms with van der Waals surface area (Å²) in [5.41, 5.74) is -0.430. The fourth-order valence-corrected chi connectivity index (χ4v) is 1.68. The molecule has 0 radical (unpaired) electrons. The van der Waals surface area contributed by atoms with Gasteiger partial charge < -0.3 is 9.84 Å². The van der Waals surface area contributed by atoms with Crippen LogP contribution in [0.4, 0.5) is 14.9 Å². The van der Waals surface area contributed by atoms with Gasteiger partial charge in [-0.25, -0.2) is 14.2 Å². The van der Waals surface area contributed by atoms with E-state index in [2.05, 4.69) is 22.1 Å². The van der Waals surface area contributed by atoms with E-state index in [1.807, 2.05) is 0 Å². The van der Waals surface area contributed by atoms with E-state index >= 15 is 0 Å². The molecular formula is C16H20ClFN2O3. The van der Waals surface area contributed by atoms with Gasteiger partial charge >= 0.3 is 6.09 Å². The molecule has 0 aliphatic carbocycles. The molecule has 23 heavy (non-hydrogen) atoms. The molecule has 5 nitrogen and oxygen atoms in total. The Labute approximate surface area is 140 Å². The van der Waals surface area contributed by atoms with Gasteiger partial charge in [-0.15, -0.1) is 0 Å². The van der Waals surface area contributed by atoms with Crippen molar-refractivity contribution in [2.45, 2.75) is 45.6 Å². The normalized spacial score (nSPS) is 10.7. The maximum atomic E-state index is 13.6.